The standard InChI is InChI=1S/C13H19ClN2OS/c14-12-5-4-10(18-12)6-7-16-13(17)11-3-1-2-9(11)8-15/h4-5,9,11H,1-3,6-8,15H2,(H,16,17)/t9-,11-/m1/s1. The van der Waals surface area contributed by atoms with Crippen LogP contribution in [0.1, 0.15) is 24.1 Å². The molecular weight excluding hydrogens is 268 g/mol. The average molecular weight is 287 g/mol. The molecule has 0 aromatic carbocycles. The molecular formula is C13H19ClN2OS. The average Bonchev–Trinajstić information content (AvgIpc) is 2.97. The topological polar surface area (TPSA) is 55.1 Å². The van der Waals surface area contributed by atoms with E-state index >= 15 is 0 Å². The SMILES string of the molecule is NC[C@H]1CCC[C@H]1C(=O)NCCc1ccc(Cl)s1. The van der Waals surface area contributed by atoms with Crippen LogP contribution in [0.25, 0.3) is 0 Å². The first-order valence-corrected chi connectivity index (χ1v) is 7.62. The summed E-state index contributed by atoms with van der Waals surface area (Å²) in [6, 6.07) is 3.90. The molecule has 1 fully saturated rings. The van der Waals surface area contributed by atoms with Crippen molar-refractivity contribution < 1.29 is 4.79 Å². The number of amides is 1. The molecule has 0 unspecified atom stereocenters. The largest absolute Gasteiger partial charge is 0.355 e. The Balaban J connectivity index is 1.74. The molecule has 18 heavy (non-hydrogen) atoms. The highest BCUT2D eigenvalue weighted by Gasteiger charge is 2.31. The minimum absolute atomic E-state index is 0.127. The Morgan fingerprint density at radius 1 is 1.50 bits per heavy atom. The number of nitrogens with two attached hydrogens (primary N) is 1. The highest BCUT2D eigenvalue weighted by molar-refractivity contribution is 7.16. The molecule has 3 nitrogen and oxygen atoms in total. The minimum Gasteiger partial charge on any atom is -0.355 e. The number of thiophene rings is 1. The van der Waals surface area contributed by atoms with Gasteiger partial charge in [-0.2, -0.15) is 0 Å². The molecule has 1 saturated carbocycles. The van der Waals surface area contributed by atoms with Crippen LogP contribution in [0.3, 0.4) is 0 Å². The van der Waals surface area contributed by atoms with Crippen molar-refractivity contribution in [3.05, 3.63) is 21.3 Å². The maximum atomic E-state index is 12.0. The third kappa shape index (κ3) is 3.46. The summed E-state index contributed by atoms with van der Waals surface area (Å²) in [4.78, 5) is 13.2. The monoisotopic (exact) mass is 286 g/mol. The number of carbonyl (C=O) groups is 1. The molecule has 2 atom stereocenters. The van der Waals surface area contributed by atoms with Crippen molar-refractivity contribution in [1.82, 2.24) is 5.32 Å². The maximum absolute atomic E-state index is 12.0. The van der Waals surface area contributed by atoms with E-state index in [2.05, 4.69) is 5.32 Å². The number of hydrogen-bond acceptors (Lipinski definition) is 3. The van der Waals surface area contributed by atoms with Gasteiger partial charge in [0.25, 0.3) is 0 Å². The fraction of sp³-hybridized carbons (Fsp3) is 0.615. The summed E-state index contributed by atoms with van der Waals surface area (Å²) < 4.78 is 0.801. The van der Waals surface area contributed by atoms with Gasteiger partial charge in [0.2, 0.25) is 5.91 Å². The van der Waals surface area contributed by atoms with E-state index < -0.39 is 0 Å². The Labute approximate surface area is 117 Å². The van der Waals surface area contributed by atoms with Crippen molar-refractivity contribution in [2.24, 2.45) is 17.6 Å². The minimum atomic E-state index is 0.127. The fourth-order valence-corrected chi connectivity index (χ4v) is 3.68. The second kappa shape index (κ2) is 6.55. The van der Waals surface area contributed by atoms with Gasteiger partial charge < -0.3 is 11.1 Å². The van der Waals surface area contributed by atoms with Gasteiger partial charge in [-0.1, -0.05) is 18.0 Å². The summed E-state index contributed by atoms with van der Waals surface area (Å²) in [6.45, 7) is 1.31. The van der Waals surface area contributed by atoms with Crippen molar-refractivity contribution in [3.8, 4) is 0 Å². The summed E-state index contributed by atoms with van der Waals surface area (Å²) in [7, 11) is 0. The van der Waals surface area contributed by atoms with Crippen molar-refractivity contribution in [1.29, 1.82) is 0 Å². The molecule has 5 heteroatoms. The van der Waals surface area contributed by atoms with Gasteiger partial charge in [-0.25, -0.2) is 0 Å². The summed E-state index contributed by atoms with van der Waals surface area (Å²) >= 11 is 7.43. The number of nitrogens with one attached hydrogen (secondary N) is 1. The first-order chi connectivity index (χ1) is 8.70. The van der Waals surface area contributed by atoms with Crippen LogP contribution in [0.15, 0.2) is 12.1 Å². The van der Waals surface area contributed by atoms with E-state index in [0.717, 1.165) is 30.0 Å². The van der Waals surface area contributed by atoms with Gasteiger partial charge in [0, 0.05) is 17.3 Å². The van der Waals surface area contributed by atoms with Crippen molar-refractivity contribution >= 4 is 28.8 Å². The second-order valence-corrected chi connectivity index (χ2v) is 6.58. The Morgan fingerprint density at radius 2 is 2.33 bits per heavy atom. The number of carbonyl (C=O) groups excluding carboxylic acids is 1. The molecule has 1 aromatic rings. The Kier molecular flexibility index (Phi) is 5.03. The lowest BCUT2D eigenvalue weighted by Gasteiger charge is -2.17. The second-order valence-electron chi connectivity index (χ2n) is 4.78. The van der Waals surface area contributed by atoms with E-state index in [0.29, 0.717) is 19.0 Å². The van der Waals surface area contributed by atoms with Crippen LogP contribution in [0.5, 0.6) is 0 Å². The Hall–Kier alpha value is -0.580. The summed E-state index contributed by atoms with van der Waals surface area (Å²) in [6.07, 6.45) is 4.05. The molecule has 1 heterocycles. The van der Waals surface area contributed by atoms with Crippen LogP contribution in [0, 0.1) is 11.8 Å². The van der Waals surface area contributed by atoms with Crippen LogP contribution in [-0.2, 0) is 11.2 Å². The van der Waals surface area contributed by atoms with Gasteiger partial charge in [-0.15, -0.1) is 11.3 Å². The Bertz CT molecular complexity index is 407. The highest BCUT2D eigenvalue weighted by atomic mass is 35.5. The predicted molar refractivity (Wildman–Crippen MR) is 75.9 cm³/mol. The number of halogens is 1. The van der Waals surface area contributed by atoms with Gasteiger partial charge in [0.1, 0.15) is 0 Å². The molecule has 3 N–H and O–H groups in total. The molecule has 1 aliphatic rings. The molecule has 2 rings (SSSR count). The van der Waals surface area contributed by atoms with Crippen LogP contribution >= 0.6 is 22.9 Å². The predicted octanol–water partition coefficient (Wildman–Crippen LogP) is 2.44. The number of hydrogen-bond donors (Lipinski definition) is 2. The molecule has 0 spiro atoms. The first-order valence-electron chi connectivity index (χ1n) is 6.42. The quantitative estimate of drug-likeness (QED) is 0.873. The molecule has 0 aliphatic heterocycles. The van der Waals surface area contributed by atoms with Crippen LogP contribution in [-0.4, -0.2) is 19.0 Å². The summed E-state index contributed by atoms with van der Waals surface area (Å²) in [5.41, 5.74) is 5.69. The van der Waals surface area contributed by atoms with E-state index in [9.17, 15) is 4.79 Å². The maximum Gasteiger partial charge on any atom is 0.223 e. The third-order valence-electron chi connectivity index (χ3n) is 3.60. The smallest absolute Gasteiger partial charge is 0.223 e. The highest BCUT2D eigenvalue weighted by Crippen LogP contribution is 2.30. The lowest BCUT2D eigenvalue weighted by atomic mass is 9.95. The van der Waals surface area contributed by atoms with Gasteiger partial charge in [0.15, 0.2) is 0 Å². The van der Waals surface area contributed by atoms with Crippen molar-refractivity contribution in [3.63, 3.8) is 0 Å². The van der Waals surface area contributed by atoms with Crippen LogP contribution in [0.4, 0.5) is 0 Å². The molecule has 1 amide bonds. The fourth-order valence-electron chi connectivity index (χ4n) is 2.59. The van der Waals surface area contributed by atoms with Gasteiger partial charge in [-0.3, -0.25) is 4.79 Å². The molecule has 1 aromatic heterocycles. The van der Waals surface area contributed by atoms with E-state index in [4.69, 9.17) is 17.3 Å². The third-order valence-corrected chi connectivity index (χ3v) is 4.89. The van der Waals surface area contributed by atoms with Crippen LogP contribution < -0.4 is 11.1 Å². The van der Waals surface area contributed by atoms with E-state index in [1.54, 1.807) is 11.3 Å². The van der Waals surface area contributed by atoms with Gasteiger partial charge in [0.05, 0.1) is 4.34 Å². The Morgan fingerprint density at radius 3 is 3.00 bits per heavy atom. The van der Waals surface area contributed by atoms with Crippen molar-refractivity contribution in [2.45, 2.75) is 25.7 Å². The van der Waals surface area contributed by atoms with Crippen LogP contribution in [0.2, 0.25) is 4.34 Å². The van der Waals surface area contributed by atoms with E-state index in [1.807, 2.05) is 12.1 Å². The van der Waals surface area contributed by atoms with E-state index in [-0.39, 0.29) is 11.8 Å². The number of rotatable bonds is 5. The normalized spacial score (nSPS) is 23.2. The molecule has 0 radical (unpaired) electrons. The molecule has 100 valence electrons. The zero-order chi connectivity index (χ0) is 13.0. The van der Waals surface area contributed by atoms with Gasteiger partial charge in [-0.05, 0) is 43.9 Å². The van der Waals surface area contributed by atoms with Crippen molar-refractivity contribution in [2.75, 3.05) is 13.1 Å². The van der Waals surface area contributed by atoms with E-state index in [1.165, 1.54) is 4.88 Å². The first kappa shape index (κ1) is 13.8. The molecule has 1 aliphatic carbocycles. The zero-order valence-electron chi connectivity index (χ0n) is 10.3. The summed E-state index contributed by atoms with van der Waals surface area (Å²) in [5, 5.41) is 3.02. The zero-order valence-corrected chi connectivity index (χ0v) is 11.9. The van der Waals surface area contributed by atoms with Gasteiger partial charge >= 0.3 is 0 Å². The lowest BCUT2D eigenvalue weighted by molar-refractivity contribution is -0.125. The molecule has 0 bridgehead atoms. The summed E-state index contributed by atoms with van der Waals surface area (Å²) in [5.74, 6) is 0.675. The lowest BCUT2D eigenvalue weighted by Crippen LogP contribution is -2.36. The molecule has 0 saturated heterocycles.